The van der Waals surface area contributed by atoms with Gasteiger partial charge in [0.1, 0.15) is 24.4 Å². The lowest BCUT2D eigenvalue weighted by Gasteiger charge is -2.23. The van der Waals surface area contributed by atoms with Crippen LogP contribution < -0.4 is 4.57 Å². The minimum atomic E-state index is -0.402. The maximum atomic E-state index is 10.8. The molecule has 1 aliphatic carbocycles. The van der Waals surface area contributed by atoms with Gasteiger partial charge in [-0.1, -0.05) is 28.9 Å². The Kier molecular flexibility index (Phi) is 2.98. The van der Waals surface area contributed by atoms with Crippen molar-refractivity contribution in [1.29, 1.82) is 0 Å². The van der Waals surface area contributed by atoms with Gasteiger partial charge in [-0.15, -0.1) is 0 Å². The average Bonchev–Trinajstić information content (AvgIpc) is 3.22. The summed E-state index contributed by atoms with van der Waals surface area (Å²) in [6, 6.07) is 14.9. The Morgan fingerprint density at radius 2 is 2.00 bits per heavy atom. The highest BCUT2D eigenvalue weighted by Gasteiger charge is 2.43. The van der Waals surface area contributed by atoms with Crippen molar-refractivity contribution in [2.45, 2.75) is 25.2 Å². The van der Waals surface area contributed by atoms with E-state index in [0.717, 1.165) is 17.9 Å². The van der Waals surface area contributed by atoms with E-state index in [0.29, 0.717) is 6.61 Å². The molecule has 0 amide bonds. The van der Waals surface area contributed by atoms with Gasteiger partial charge >= 0.3 is 5.82 Å². The van der Waals surface area contributed by atoms with E-state index in [1.807, 2.05) is 6.33 Å². The van der Waals surface area contributed by atoms with Crippen molar-refractivity contribution in [3.05, 3.63) is 81.9 Å². The third-order valence-corrected chi connectivity index (χ3v) is 4.95. The molecule has 7 heteroatoms. The standard InChI is InChI=1S/C18H15N4O3/c23-22(24)14-7-5-13(6-8-14)21-11-20-17(19-21)10-25-16-9-12-3-1-2-4-15(12)18(16)20/h1-8,11,16,18H,9-10H2/q+1. The first-order valence-electron chi connectivity index (χ1n) is 8.14. The van der Waals surface area contributed by atoms with Crippen LogP contribution in [0.3, 0.4) is 0 Å². The van der Waals surface area contributed by atoms with Gasteiger partial charge in [0.15, 0.2) is 0 Å². The first-order chi connectivity index (χ1) is 12.2. The molecule has 0 saturated carbocycles. The molecule has 2 aliphatic rings. The van der Waals surface area contributed by atoms with E-state index in [1.54, 1.807) is 16.8 Å². The second kappa shape index (κ2) is 5.22. The summed E-state index contributed by atoms with van der Waals surface area (Å²) in [5, 5.41) is 15.4. The van der Waals surface area contributed by atoms with E-state index in [-0.39, 0.29) is 17.8 Å². The van der Waals surface area contributed by atoms with Crippen LogP contribution in [0, 0.1) is 10.1 Å². The average molecular weight is 335 g/mol. The van der Waals surface area contributed by atoms with E-state index < -0.39 is 4.92 Å². The molecule has 2 atom stereocenters. The van der Waals surface area contributed by atoms with Crippen LogP contribution in [-0.4, -0.2) is 20.8 Å². The molecule has 2 heterocycles. The highest BCUT2D eigenvalue weighted by atomic mass is 16.6. The number of nitro benzene ring substituents is 1. The van der Waals surface area contributed by atoms with E-state index in [2.05, 4.69) is 33.9 Å². The van der Waals surface area contributed by atoms with Gasteiger partial charge in [0.05, 0.1) is 4.92 Å². The second-order valence-electron chi connectivity index (χ2n) is 6.35. The van der Waals surface area contributed by atoms with Gasteiger partial charge in [-0.3, -0.25) is 10.1 Å². The molecule has 0 spiro atoms. The number of ether oxygens (including phenoxy) is 1. The fraction of sp³-hybridized carbons (Fsp3) is 0.222. The molecule has 0 fully saturated rings. The molecule has 124 valence electrons. The van der Waals surface area contributed by atoms with Crippen LogP contribution in [0.25, 0.3) is 5.69 Å². The number of nitrogens with zero attached hydrogens (tertiary/aromatic N) is 4. The summed E-state index contributed by atoms with van der Waals surface area (Å²) in [6.45, 7) is 0.467. The normalized spacial score (nSPS) is 20.6. The van der Waals surface area contributed by atoms with Crippen molar-refractivity contribution in [2.24, 2.45) is 0 Å². The molecule has 2 aromatic carbocycles. The number of fused-ring (bicyclic) bond motifs is 5. The van der Waals surface area contributed by atoms with E-state index in [4.69, 9.17) is 4.74 Å². The van der Waals surface area contributed by atoms with Gasteiger partial charge in [0.2, 0.25) is 6.33 Å². The van der Waals surface area contributed by atoms with Crippen LogP contribution in [0.15, 0.2) is 54.9 Å². The Hall–Kier alpha value is -3.06. The minimum Gasteiger partial charge on any atom is -0.363 e. The molecule has 2 unspecified atom stereocenters. The Labute approximate surface area is 143 Å². The monoisotopic (exact) mass is 335 g/mol. The number of nitro groups is 1. The van der Waals surface area contributed by atoms with Crippen molar-refractivity contribution < 1.29 is 14.2 Å². The molecular weight excluding hydrogens is 320 g/mol. The van der Waals surface area contributed by atoms with E-state index in [1.165, 1.54) is 23.3 Å². The van der Waals surface area contributed by atoms with Crippen molar-refractivity contribution in [2.75, 3.05) is 0 Å². The zero-order valence-corrected chi connectivity index (χ0v) is 13.3. The van der Waals surface area contributed by atoms with E-state index in [9.17, 15) is 10.1 Å². The molecule has 0 bridgehead atoms. The van der Waals surface area contributed by atoms with Gasteiger partial charge in [0, 0.05) is 23.7 Å². The first-order valence-corrected chi connectivity index (χ1v) is 8.14. The number of hydrogen-bond acceptors (Lipinski definition) is 4. The summed E-state index contributed by atoms with van der Waals surface area (Å²) in [7, 11) is 0. The Bertz CT molecular complexity index is 980. The van der Waals surface area contributed by atoms with Gasteiger partial charge in [-0.2, -0.15) is 0 Å². The van der Waals surface area contributed by atoms with Crippen molar-refractivity contribution in [1.82, 2.24) is 9.78 Å². The highest BCUT2D eigenvalue weighted by Crippen LogP contribution is 2.35. The van der Waals surface area contributed by atoms with Crippen molar-refractivity contribution in [3.63, 3.8) is 0 Å². The maximum absolute atomic E-state index is 10.8. The molecule has 0 saturated heterocycles. The number of benzene rings is 2. The molecule has 7 nitrogen and oxygen atoms in total. The van der Waals surface area contributed by atoms with Crippen LogP contribution >= 0.6 is 0 Å². The quantitative estimate of drug-likeness (QED) is 0.408. The van der Waals surface area contributed by atoms with Crippen molar-refractivity contribution >= 4 is 5.69 Å². The summed E-state index contributed by atoms with van der Waals surface area (Å²) in [4.78, 5) is 10.4. The largest absolute Gasteiger partial charge is 0.363 e. The third-order valence-electron chi connectivity index (χ3n) is 4.95. The molecule has 0 N–H and O–H groups in total. The lowest BCUT2D eigenvalue weighted by molar-refractivity contribution is -0.739. The highest BCUT2D eigenvalue weighted by molar-refractivity contribution is 5.40. The first kappa shape index (κ1) is 14.3. The van der Waals surface area contributed by atoms with Crippen LogP contribution in [0.5, 0.6) is 0 Å². The maximum Gasteiger partial charge on any atom is 0.304 e. The van der Waals surface area contributed by atoms with Crippen molar-refractivity contribution in [3.8, 4) is 5.69 Å². The van der Waals surface area contributed by atoms with Gasteiger partial charge < -0.3 is 4.74 Å². The van der Waals surface area contributed by atoms with Gasteiger partial charge in [-0.05, 0) is 23.3 Å². The third kappa shape index (κ3) is 2.16. The minimum absolute atomic E-state index is 0.0708. The van der Waals surface area contributed by atoms with Crippen LogP contribution in [-0.2, 0) is 17.8 Å². The number of aromatic nitrogens is 3. The Morgan fingerprint density at radius 3 is 2.80 bits per heavy atom. The summed E-state index contributed by atoms with van der Waals surface area (Å²) in [5.74, 6) is 0.858. The topological polar surface area (TPSA) is 74.1 Å². The number of rotatable bonds is 2. The molecular formula is C18H15N4O3+. The molecule has 25 heavy (non-hydrogen) atoms. The zero-order valence-electron chi connectivity index (χ0n) is 13.3. The fourth-order valence-electron chi connectivity index (χ4n) is 3.77. The van der Waals surface area contributed by atoms with Crippen LogP contribution in [0.4, 0.5) is 5.69 Å². The van der Waals surface area contributed by atoms with Crippen LogP contribution in [0.2, 0.25) is 0 Å². The molecule has 3 aromatic rings. The molecule has 1 aromatic heterocycles. The fourth-order valence-corrected chi connectivity index (χ4v) is 3.77. The van der Waals surface area contributed by atoms with E-state index >= 15 is 0 Å². The molecule has 5 rings (SSSR count). The lowest BCUT2D eigenvalue weighted by atomic mass is 10.1. The van der Waals surface area contributed by atoms with Gasteiger partial charge in [0.25, 0.3) is 5.69 Å². The van der Waals surface area contributed by atoms with Crippen LogP contribution in [0.1, 0.15) is 23.0 Å². The lowest BCUT2D eigenvalue weighted by Crippen LogP contribution is -2.51. The summed E-state index contributed by atoms with van der Waals surface area (Å²) in [6.07, 6.45) is 3.00. The Morgan fingerprint density at radius 1 is 1.20 bits per heavy atom. The molecule has 0 radical (unpaired) electrons. The predicted octanol–water partition coefficient (Wildman–Crippen LogP) is 2.11. The zero-order chi connectivity index (χ0) is 17.0. The smallest absolute Gasteiger partial charge is 0.304 e. The number of non-ortho nitro benzene ring substituents is 1. The summed E-state index contributed by atoms with van der Waals surface area (Å²) < 4.78 is 9.95. The predicted molar refractivity (Wildman–Crippen MR) is 87.3 cm³/mol. The second-order valence-corrected chi connectivity index (χ2v) is 6.35. The van der Waals surface area contributed by atoms with Gasteiger partial charge in [-0.25, -0.2) is 4.57 Å². The summed E-state index contributed by atoms with van der Waals surface area (Å²) in [5.41, 5.74) is 3.46. The number of hydrogen-bond donors (Lipinski definition) is 0. The Balaban J connectivity index is 1.56. The SMILES string of the molecule is O=[N+]([O-])c1ccc(-n2c[n+]3c(n2)COC2Cc4ccccc4C23)cc1. The molecule has 1 aliphatic heterocycles. The summed E-state index contributed by atoms with van der Waals surface area (Å²) >= 11 is 0.